The van der Waals surface area contributed by atoms with Crippen molar-refractivity contribution < 1.29 is 0 Å². The highest BCUT2D eigenvalue weighted by atomic mass is 32.1. The molecule has 0 unspecified atom stereocenters. The molecule has 0 aliphatic heterocycles. The van der Waals surface area contributed by atoms with E-state index in [4.69, 9.17) is 0 Å². The predicted molar refractivity (Wildman–Crippen MR) is 113 cm³/mol. The van der Waals surface area contributed by atoms with Crippen LogP contribution in [0.25, 0.3) is 33.6 Å². The van der Waals surface area contributed by atoms with Crippen molar-refractivity contribution in [3.63, 3.8) is 0 Å². The molecule has 0 bridgehead atoms. The Bertz CT molecular complexity index is 1030. The van der Waals surface area contributed by atoms with Gasteiger partial charge in [0.05, 0.1) is 6.20 Å². The average Bonchev–Trinajstić information content (AvgIpc) is 3.41. The van der Waals surface area contributed by atoms with E-state index in [1.54, 1.807) is 22.7 Å². The largest absolute Gasteiger partial charge is 0.285 e. The van der Waals surface area contributed by atoms with E-state index in [1.165, 1.54) is 22.0 Å². The van der Waals surface area contributed by atoms with E-state index in [0.717, 1.165) is 29.5 Å². The van der Waals surface area contributed by atoms with Crippen molar-refractivity contribution in [3.05, 3.63) is 68.4 Å². The predicted octanol–water partition coefficient (Wildman–Crippen LogP) is 5.56. The maximum absolute atomic E-state index is 12.1. The lowest BCUT2D eigenvalue weighted by Gasteiger charge is -2.10. The Hall–Kier alpha value is -2.57. The van der Waals surface area contributed by atoms with Gasteiger partial charge in [-0.2, -0.15) is 22.7 Å². The van der Waals surface area contributed by atoms with Crippen molar-refractivity contribution in [3.8, 4) is 33.6 Å². The van der Waals surface area contributed by atoms with Gasteiger partial charge in [-0.25, -0.2) is 9.67 Å². The molecule has 4 nitrogen and oxygen atoms in total. The van der Waals surface area contributed by atoms with Crippen LogP contribution in [0.5, 0.6) is 0 Å². The maximum atomic E-state index is 12.1. The molecule has 0 aliphatic rings. The quantitative estimate of drug-likeness (QED) is 0.431. The number of nitrogens with zero attached hydrogens (tertiary/aromatic N) is 3. The van der Waals surface area contributed by atoms with E-state index < -0.39 is 0 Å². The first-order valence-corrected chi connectivity index (χ1v) is 10.8. The number of aromatic nitrogens is 3. The Labute approximate surface area is 165 Å². The van der Waals surface area contributed by atoms with Gasteiger partial charge in [-0.3, -0.25) is 4.79 Å². The third kappa shape index (κ3) is 3.91. The number of aryl methyl sites for hydroxylation is 1. The van der Waals surface area contributed by atoms with E-state index in [0.29, 0.717) is 12.4 Å². The van der Waals surface area contributed by atoms with E-state index in [9.17, 15) is 4.79 Å². The van der Waals surface area contributed by atoms with E-state index in [-0.39, 0.29) is 5.56 Å². The maximum Gasteiger partial charge on any atom is 0.285 e. The van der Waals surface area contributed by atoms with Crippen LogP contribution >= 0.6 is 22.7 Å². The van der Waals surface area contributed by atoms with Gasteiger partial charge in [0, 0.05) is 12.1 Å². The Kier molecular flexibility index (Phi) is 5.27. The Morgan fingerprint density at radius 1 is 0.926 bits per heavy atom. The van der Waals surface area contributed by atoms with Gasteiger partial charge in [-0.05, 0) is 80.5 Å². The van der Waals surface area contributed by atoms with Gasteiger partial charge >= 0.3 is 0 Å². The van der Waals surface area contributed by atoms with Gasteiger partial charge in [-0.1, -0.05) is 13.3 Å². The molecular weight excluding hydrogens is 374 g/mol. The number of hydrogen-bond acceptors (Lipinski definition) is 5. The molecule has 6 heteroatoms. The molecule has 1 aromatic carbocycles. The molecule has 27 heavy (non-hydrogen) atoms. The monoisotopic (exact) mass is 393 g/mol. The minimum absolute atomic E-state index is 0.153. The summed E-state index contributed by atoms with van der Waals surface area (Å²) in [7, 11) is 0. The lowest BCUT2D eigenvalue weighted by molar-refractivity contribution is 0.538. The smallest absolute Gasteiger partial charge is 0.266 e. The van der Waals surface area contributed by atoms with Crippen molar-refractivity contribution in [1.82, 2.24) is 14.8 Å². The van der Waals surface area contributed by atoms with E-state index in [1.807, 2.05) is 0 Å². The third-order valence-electron chi connectivity index (χ3n) is 4.39. The molecule has 0 radical (unpaired) electrons. The molecule has 4 rings (SSSR count). The fourth-order valence-electron chi connectivity index (χ4n) is 2.92. The van der Waals surface area contributed by atoms with Crippen molar-refractivity contribution in [2.45, 2.75) is 26.3 Å². The Morgan fingerprint density at radius 2 is 1.56 bits per heavy atom. The molecule has 0 fully saturated rings. The van der Waals surface area contributed by atoms with Crippen LogP contribution in [0.15, 0.2) is 62.8 Å². The van der Waals surface area contributed by atoms with Gasteiger partial charge in [0.1, 0.15) is 0 Å². The highest BCUT2D eigenvalue weighted by molar-refractivity contribution is 7.08. The van der Waals surface area contributed by atoms with Crippen LogP contribution in [0.4, 0.5) is 0 Å². The van der Waals surface area contributed by atoms with Crippen LogP contribution in [0, 0.1) is 0 Å². The molecule has 136 valence electrons. The van der Waals surface area contributed by atoms with Crippen LogP contribution in [0.3, 0.4) is 0 Å². The first-order valence-electron chi connectivity index (χ1n) is 8.89. The summed E-state index contributed by atoms with van der Waals surface area (Å²) in [6.45, 7) is 2.72. The number of rotatable bonds is 6. The summed E-state index contributed by atoms with van der Waals surface area (Å²) in [5.41, 5.74) is 5.38. The summed E-state index contributed by atoms with van der Waals surface area (Å²) >= 11 is 3.36. The van der Waals surface area contributed by atoms with Gasteiger partial charge in [-0.15, -0.1) is 5.10 Å². The summed E-state index contributed by atoms with van der Waals surface area (Å²) in [5.74, 6) is 0.583. The molecule has 4 aromatic rings. The summed E-state index contributed by atoms with van der Waals surface area (Å²) in [6.07, 6.45) is 3.31. The molecule has 0 N–H and O–H groups in total. The van der Waals surface area contributed by atoms with Crippen LogP contribution in [-0.2, 0) is 6.54 Å². The lowest BCUT2D eigenvalue weighted by atomic mass is 9.98. The van der Waals surface area contributed by atoms with Gasteiger partial charge in [0.2, 0.25) is 0 Å². The van der Waals surface area contributed by atoms with E-state index >= 15 is 0 Å². The zero-order valence-corrected chi connectivity index (χ0v) is 16.6. The van der Waals surface area contributed by atoms with Gasteiger partial charge < -0.3 is 0 Å². The fraction of sp³-hybridized carbons (Fsp3) is 0.190. The lowest BCUT2D eigenvalue weighted by Crippen LogP contribution is -2.23. The van der Waals surface area contributed by atoms with Crippen LogP contribution in [-0.4, -0.2) is 14.8 Å². The molecule has 0 atom stereocenters. The molecule has 0 saturated heterocycles. The summed E-state index contributed by atoms with van der Waals surface area (Å²) in [4.78, 5) is 16.4. The van der Waals surface area contributed by atoms with Crippen molar-refractivity contribution in [2.24, 2.45) is 0 Å². The fourth-order valence-corrected chi connectivity index (χ4v) is 4.25. The first kappa shape index (κ1) is 17.8. The molecule has 3 aromatic heterocycles. The normalized spacial score (nSPS) is 11.0. The SMILES string of the molecule is CCCCn1nc(-c2cc(-c3ccsc3)cc(-c3ccsc3)c2)ncc1=O. The van der Waals surface area contributed by atoms with Gasteiger partial charge in [0.15, 0.2) is 5.82 Å². The second kappa shape index (κ2) is 7.98. The standard InChI is InChI=1S/C21H19N3OS2/c1-2-3-6-24-20(25)12-22-21(23-24)19-10-17(15-4-7-26-13-15)9-18(11-19)16-5-8-27-14-16/h4-5,7-14H,2-3,6H2,1H3. The minimum Gasteiger partial charge on any atom is -0.266 e. The number of thiophene rings is 2. The second-order valence-electron chi connectivity index (χ2n) is 6.32. The minimum atomic E-state index is -0.153. The summed E-state index contributed by atoms with van der Waals surface area (Å²) in [5, 5.41) is 13.0. The molecule has 0 spiro atoms. The molecule has 0 aliphatic carbocycles. The van der Waals surface area contributed by atoms with Crippen molar-refractivity contribution in [2.75, 3.05) is 0 Å². The molecule has 0 saturated carbocycles. The summed E-state index contributed by atoms with van der Waals surface area (Å²) in [6, 6.07) is 10.6. The Morgan fingerprint density at radius 3 is 2.11 bits per heavy atom. The molecular formula is C21H19N3OS2. The zero-order chi connectivity index (χ0) is 18.6. The zero-order valence-electron chi connectivity index (χ0n) is 15.0. The van der Waals surface area contributed by atoms with Crippen LogP contribution < -0.4 is 5.56 Å². The summed E-state index contributed by atoms with van der Waals surface area (Å²) < 4.78 is 1.52. The molecule has 3 heterocycles. The highest BCUT2D eigenvalue weighted by Gasteiger charge is 2.11. The second-order valence-corrected chi connectivity index (χ2v) is 7.88. The topological polar surface area (TPSA) is 47.8 Å². The van der Waals surface area contributed by atoms with Crippen molar-refractivity contribution in [1.29, 1.82) is 0 Å². The van der Waals surface area contributed by atoms with Gasteiger partial charge in [0.25, 0.3) is 5.56 Å². The molecule has 0 amide bonds. The third-order valence-corrected chi connectivity index (χ3v) is 5.76. The number of hydrogen-bond donors (Lipinski definition) is 0. The van der Waals surface area contributed by atoms with Crippen molar-refractivity contribution >= 4 is 22.7 Å². The Balaban J connectivity index is 1.84. The first-order chi connectivity index (χ1) is 13.2. The van der Waals surface area contributed by atoms with Crippen LogP contribution in [0.1, 0.15) is 19.8 Å². The van der Waals surface area contributed by atoms with Crippen LogP contribution in [0.2, 0.25) is 0 Å². The number of benzene rings is 1. The average molecular weight is 394 g/mol. The number of unbranched alkanes of at least 4 members (excludes halogenated alkanes) is 1. The highest BCUT2D eigenvalue weighted by Crippen LogP contribution is 2.33. The van der Waals surface area contributed by atoms with E-state index in [2.05, 4.69) is 68.9 Å².